The molecule has 2 unspecified atom stereocenters. The number of carbonyl (C=O) groups excluding carboxylic acids is 1. The molecule has 112 valence electrons. The zero-order valence-corrected chi connectivity index (χ0v) is 13.0. The highest BCUT2D eigenvalue weighted by Crippen LogP contribution is 2.37. The predicted octanol–water partition coefficient (Wildman–Crippen LogP) is 1.19. The smallest absolute Gasteiger partial charge is 0.308 e. The van der Waals surface area contributed by atoms with Crippen molar-refractivity contribution in [3.05, 3.63) is 20.2 Å². The van der Waals surface area contributed by atoms with Crippen molar-refractivity contribution >= 4 is 17.2 Å². The van der Waals surface area contributed by atoms with Gasteiger partial charge in [-0.15, -0.1) is 0 Å². The van der Waals surface area contributed by atoms with Crippen molar-refractivity contribution in [1.29, 1.82) is 0 Å². The lowest BCUT2D eigenvalue weighted by Crippen LogP contribution is -2.46. The van der Waals surface area contributed by atoms with Gasteiger partial charge in [0.05, 0.1) is 6.61 Å². The number of hydrogen-bond acceptors (Lipinski definition) is 4. The first-order valence-electron chi connectivity index (χ1n) is 6.94. The van der Waals surface area contributed by atoms with Gasteiger partial charge in [-0.3, -0.25) is 14.2 Å². The van der Waals surface area contributed by atoms with E-state index in [1.165, 1.54) is 15.9 Å². The molecule has 1 aromatic heterocycles. The van der Waals surface area contributed by atoms with Gasteiger partial charge >= 0.3 is 4.87 Å². The molecular formula is C14H22N2O3S. The van der Waals surface area contributed by atoms with Crippen LogP contribution in [0.4, 0.5) is 0 Å². The zero-order chi connectivity index (χ0) is 14.9. The topological polar surface area (TPSA) is 71.3 Å². The number of aliphatic hydroxyl groups is 1. The number of hydrogen-bond donors (Lipinski definition) is 2. The fourth-order valence-corrected chi connectivity index (χ4v) is 3.65. The van der Waals surface area contributed by atoms with Gasteiger partial charge in [0.15, 0.2) is 0 Å². The Balaban J connectivity index is 2.05. The third kappa shape index (κ3) is 2.81. The molecule has 0 aliphatic heterocycles. The number of thiazole rings is 1. The lowest BCUT2D eigenvalue weighted by Gasteiger charge is -2.30. The summed E-state index contributed by atoms with van der Waals surface area (Å²) in [7, 11) is 0. The summed E-state index contributed by atoms with van der Waals surface area (Å²) in [6.07, 6.45) is 2.82. The van der Waals surface area contributed by atoms with Crippen molar-refractivity contribution in [3.8, 4) is 0 Å². The van der Waals surface area contributed by atoms with Crippen molar-refractivity contribution in [2.75, 3.05) is 6.61 Å². The highest BCUT2D eigenvalue weighted by atomic mass is 32.1. The molecule has 6 heteroatoms. The summed E-state index contributed by atoms with van der Waals surface area (Å²) in [5, 5.41) is 12.5. The summed E-state index contributed by atoms with van der Waals surface area (Å²) in [4.78, 5) is 24.8. The van der Waals surface area contributed by atoms with E-state index >= 15 is 0 Å². The van der Waals surface area contributed by atoms with Crippen LogP contribution in [0.2, 0.25) is 0 Å². The van der Waals surface area contributed by atoms with Crippen LogP contribution in [-0.2, 0) is 11.3 Å². The van der Waals surface area contributed by atoms with Gasteiger partial charge in [-0.1, -0.05) is 24.7 Å². The van der Waals surface area contributed by atoms with Crippen LogP contribution in [0.15, 0.2) is 4.79 Å². The number of nitrogens with one attached hydrogen (secondary N) is 1. The van der Waals surface area contributed by atoms with Crippen molar-refractivity contribution in [2.24, 2.45) is 5.41 Å². The predicted molar refractivity (Wildman–Crippen MR) is 79.0 cm³/mol. The summed E-state index contributed by atoms with van der Waals surface area (Å²) < 4.78 is 1.51. The molecule has 0 spiro atoms. The molecule has 1 fully saturated rings. The Morgan fingerprint density at radius 3 is 2.80 bits per heavy atom. The molecule has 0 aromatic carbocycles. The molecule has 0 radical (unpaired) electrons. The lowest BCUT2D eigenvalue weighted by atomic mass is 9.86. The Labute approximate surface area is 122 Å². The van der Waals surface area contributed by atoms with E-state index in [0.29, 0.717) is 0 Å². The van der Waals surface area contributed by atoms with Gasteiger partial charge in [0, 0.05) is 22.0 Å². The van der Waals surface area contributed by atoms with Crippen LogP contribution in [0.1, 0.15) is 36.8 Å². The molecule has 1 amide bonds. The van der Waals surface area contributed by atoms with Gasteiger partial charge in [0.1, 0.15) is 6.54 Å². The Morgan fingerprint density at radius 1 is 1.55 bits per heavy atom. The molecule has 5 nitrogen and oxygen atoms in total. The number of aryl methyl sites for hydroxylation is 1. The lowest BCUT2D eigenvalue weighted by molar-refractivity contribution is -0.123. The monoisotopic (exact) mass is 298 g/mol. The molecule has 2 N–H and O–H groups in total. The van der Waals surface area contributed by atoms with Crippen LogP contribution in [0, 0.1) is 19.3 Å². The molecule has 0 saturated heterocycles. The third-order valence-electron chi connectivity index (χ3n) is 4.46. The second kappa shape index (κ2) is 5.69. The summed E-state index contributed by atoms with van der Waals surface area (Å²) in [5.74, 6) is -0.153. The summed E-state index contributed by atoms with van der Waals surface area (Å²) in [6.45, 7) is 5.88. The van der Waals surface area contributed by atoms with Crippen LogP contribution in [0.25, 0.3) is 0 Å². The minimum atomic E-state index is -0.236. The molecule has 0 bridgehead atoms. The number of carbonyl (C=O) groups is 1. The number of aromatic nitrogens is 1. The third-order valence-corrected chi connectivity index (χ3v) is 5.45. The number of amides is 1. The van der Waals surface area contributed by atoms with E-state index in [-0.39, 0.29) is 35.4 Å². The Morgan fingerprint density at radius 2 is 2.25 bits per heavy atom. The first-order chi connectivity index (χ1) is 9.37. The van der Waals surface area contributed by atoms with Gasteiger partial charge in [0.2, 0.25) is 5.91 Å². The molecule has 2 rings (SSSR count). The second-order valence-electron chi connectivity index (χ2n) is 5.92. The van der Waals surface area contributed by atoms with Crippen molar-refractivity contribution in [1.82, 2.24) is 9.88 Å². The fourth-order valence-electron chi connectivity index (χ4n) is 2.82. The highest BCUT2D eigenvalue weighted by molar-refractivity contribution is 7.09. The first-order valence-corrected chi connectivity index (χ1v) is 7.76. The molecule has 1 aliphatic rings. The van der Waals surface area contributed by atoms with Gasteiger partial charge in [-0.2, -0.15) is 0 Å². The Kier molecular flexibility index (Phi) is 4.34. The average molecular weight is 298 g/mol. The van der Waals surface area contributed by atoms with Crippen LogP contribution < -0.4 is 10.2 Å². The second-order valence-corrected chi connectivity index (χ2v) is 7.09. The summed E-state index contributed by atoms with van der Waals surface area (Å²) in [6, 6.07) is -0.00394. The molecule has 2 atom stereocenters. The van der Waals surface area contributed by atoms with E-state index in [4.69, 9.17) is 0 Å². The summed E-state index contributed by atoms with van der Waals surface area (Å²) in [5.41, 5.74) is 0.617. The molecule has 1 heterocycles. The molecule has 1 aliphatic carbocycles. The van der Waals surface area contributed by atoms with E-state index in [0.717, 1.165) is 29.8 Å². The number of nitrogens with zero attached hydrogens (tertiary/aromatic N) is 1. The Hall–Kier alpha value is -1.14. The number of aliphatic hydroxyl groups excluding tert-OH is 1. The van der Waals surface area contributed by atoms with Gasteiger partial charge in [-0.05, 0) is 26.7 Å². The maximum atomic E-state index is 12.1. The van der Waals surface area contributed by atoms with Gasteiger partial charge < -0.3 is 10.4 Å². The minimum absolute atomic E-state index is 0.00394. The fraction of sp³-hybridized carbons (Fsp3) is 0.714. The normalized spacial score (nSPS) is 25.9. The maximum Gasteiger partial charge on any atom is 0.308 e. The molecule has 20 heavy (non-hydrogen) atoms. The van der Waals surface area contributed by atoms with Gasteiger partial charge in [0.25, 0.3) is 0 Å². The van der Waals surface area contributed by atoms with Crippen LogP contribution in [0.5, 0.6) is 0 Å². The van der Waals surface area contributed by atoms with E-state index in [2.05, 4.69) is 5.32 Å². The van der Waals surface area contributed by atoms with E-state index < -0.39 is 0 Å². The quantitative estimate of drug-likeness (QED) is 0.877. The van der Waals surface area contributed by atoms with Crippen molar-refractivity contribution < 1.29 is 9.90 Å². The van der Waals surface area contributed by atoms with Crippen LogP contribution in [-0.4, -0.2) is 28.2 Å². The average Bonchev–Trinajstić information content (AvgIpc) is 2.86. The van der Waals surface area contributed by atoms with Crippen LogP contribution in [0.3, 0.4) is 0 Å². The van der Waals surface area contributed by atoms with E-state index in [9.17, 15) is 14.7 Å². The van der Waals surface area contributed by atoms with Gasteiger partial charge in [-0.25, -0.2) is 0 Å². The Bertz CT molecular complexity index is 563. The number of rotatable bonds is 4. The van der Waals surface area contributed by atoms with E-state index in [1.54, 1.807) is 0 Å². The van der Waals surface area contributed by atoms with Crippen LogP contribution >= 0.6 is 11.3 Å². The molecule has 1 saturated carbocycles. The van der Waals surface area contributed by atoms with Crippen molar-refractivity contribution in [2.45, 2.75) is 52.6 Å². The zero-order valence-electron chi connectivity index (χ0n) is 12.2. The van der Waals surface area contributed by atoms with E-state index in [1.807, 2.05) is 20.8 Å². The SMILES string of the molecule is Cc1sc(=O)n(CC(=O)NC2CCCC2(C)CO)c1C. The first kappa shape index (κ1) is 15.3. The van der Waals surface area contributed by atoms with Crippen molar-refractivity contribution in [3.63, 3.8) is 0 Å². The summed E-state index contributed by atoms with van der Waals surface area (Å²) >= 11 is 1.17. The standard InChI is InChI=1S/C14H22N2O3S/c1-9-10(2)20-13(19)16(9)7-12(18)15-11-5-4-6-14(11,3)8-17/h11,17H,4-8H2,1-3H3,(H,15,18). The largest absolute Gasteiger partial charge is 0.396 e. The maximum absolute atomic E-state index is 12.1. The minimum Gasteiger partial charge on any atom is -0.396 e. The molecular weight excluding hydrogens is 276 g/mol. The highest BCUT2D eigenvalue weighted by Gasteiger charge is 2.39. The molecule has 1 aromatic rings.